The van der Waals surface area contributed by atoms with Crippen molar-refractivity contribution in [2.24, 2.45) is 0 Å². The number of aryl methyl sites for hydroxylation is 2. The minimum absolute atomic E-state index is 0.503. The van der Waals surface area contributed by atoms with Gasteiger partial charge < -0.3 is 5.73 Å². The van der Waals surface area contributed by atoms with Crippen LogP contribution in [0.15, 0.2) is 42.5 Å². The minimum Gasteiger partial charge on any atom is -0.382 e. The Bertz CT molecular complexity index is 788. The fourth-order valence-electron chi connectivity index (χ4n) is 2.47. The summed E-state index contributed by atoms with van der Waals surface area (Å²) in [4.78, 5) is 0. The fraction of sp³-hybridized carbons (Fsp3) is 0.118. The summed E-state index contributed by atoms with van der Waals surface area (Å²) < 4.78 is 0. The molecule has 0 aliphatic heterocycles. The summed E-state index contributed by atoms with van der Waals surface area (Å²) in [5, 5.41) is 7.94. The van der Waals surface area contributed by atoms with Crippen LogP contribution in [-0.4, -0.2) is 10.2 Å². The lowest BCUT2D eigenvalue weighted by atomic mass is 9.97. The molecule has 21 heavy (non-hydrogen) atoms. The summed E-state index contributed by atoms with van der Waals surface area (Å²) in [5.74, 6) is 0.503. The molecule has 0 radical (unpaired) electrons. The first-order valence-corrected chi connectivity index (χ1v) is 7.11. The smallest absolute Gasteiger partial charge is 0.153 e. The van der Waals surface area contributed by atoms with Crippen LogP contribution in [0, 0.1) is 13.8 Å². The third-order valence-electron chi connectivity index (χ3n) is 3.59. The number of nitrogen functional groups attached to an aromatic ring is 1. The lowest BCUT2D eigenvalue weighted by Crippen LogP contribution is -1.90. The highest BCUT2D eigenvalue weighted by Gasteiger charge is 2.16. The first kappa shape index (κ1) is 13.7. The summed E-state index contributed by atoms with van der Waals surface area (Å²) >= 11 is 6.03. The van der Waals surface area contributed by atoms with Gasteiger partial charge in [-0.3, -0.25) is 5.10 Å². The van der Waals surface area contributed by atoms with Gasteiger partial charge in [0.05, 0.1) is 11.3 Å². The molecule has 0 atom stereocenters. The van der Waals surface area contributed by atoms with Gasteiger partial charge in [-0.1, -0.05) is 47.5 Å². The van der Waals surface area contributed by atoms with E-state index in [0.717, 1.165) is 33.0 Å². The third kappa shape index (κ3) is 2.52. The number of benzene rings is 2. The van der Waals surface area contributed by atoms with Gasteiger partial charge in [-0.05, 0) is 37.1 Å². The van der Waals surface area contributed by atoms with Crippen LogP contribution < -0.4 is 5.73 Å². The van der Waals surface area contributed by atoms with Gasteiger partial charge in [-0.25, -0.2) is 0 Å². The van der Waals surface area contributed by atoms with E-state index in [-0.39, 0.29) is 0 Å². The summed E-state index contributed by atoms with van der Waals surface area (Å²) in [7, 11) is 0. The number of aromatic amines is 1. The van der Waals surface area contributed by atoms with Gasteiger partial charge in [0.15, 0.2) is 5.82 Å². The summed E-state index contributed by atoms with van der Waals surface area (Å²) in [5.41, 5.74) is 12.3. The van der Waals surface area contributed by atoms with Crippen LogP contribution in [0.4, 0.5) is 5.82 Å². The van der Waals surface area contributed by atoms with E-state index in [1.807, 2.05) is 25.1 Å². The lowest BCUT2D eigenvalue weighted by molar-refractivity contribution is 1.10. The van der Waals surface area contributed by atoms with Gasteiger partial charge in [0.2, 0.25) is 0 Å². The van der Waals surface area contributed by atoms with Gasteiger partial charge in [0.25, 0.3) is 0 Å². The molecule has 0 aliphatic carbocycles. The van der Waals surface area contributed by atoms with Crippen molar-refractivity contribution in [3.63, 3.8) is 0 Å². The molecule has 1 aromatic heterocycles. The molecule has 0 bridgehead atoms. The van der Waals surface area contributed by atoms with Gasteiger partial charge in [0.1, 0.15) is 0 Å². The number of nitrogens with two attached hydrogens (primary N) is 1. The number of hydrogen-bond donors (Lipinski definition) is 2. The van der Waals surface area contributed by atoms with E-state index in [0.29, 0.717) is 5.82 Å². The van der Waals surface area contributed by atoms with E-state index in [2.05, 4.69) is 41.4 Å². The second-order valence-electron chi connectivity index (χ2n) is 5.18. The standard InChI is InChI=1S/C17H16ClN3/c1-10-3-5-12(6-4-10)15-16(20-21-17(15)19)14-8-7-13(18)9-11(14)2/h3-9H,1-2H3,(H3,19,20,21). The molecule has 0 spiro atoms. The van der Waals surface area contributed by atoms with Crippen molar-refractivity contribution < 1.29 is 0 Å². The summed E-state index contributed by atoms with van der Waals surface area (Å²) in [6.45, 7) is 4.09. The van der Waals surface area contributed by atoms with E-state index >= 15 is 0 Å². The zero-order valence-corrected chi connectivity index (χ0v) is 12.7. The Morgan fingerprint density at radius 1 is 1.05 bits per heavy atom. The average molecular weight is 298 g/mol. The molecule has 3 aromatic rings. The number of anilines is 1. The van der Waals surface area contributed by atoms with Crippen molar-refractivity contribution in [2.45, 2.75) is 13.8 Å². The number of H-pyrrole nitrogens is 1. The van der Waals surface area contributed by atoms with Crippen molar-refractivity contribution in [3.8, 4) is 22.4 Å². The molecule has 0 fully saturated rings. The third-order valence-corrected chi connectivity index (χ3v) is 3.83. The number of rotatable bonds is 2. The largest absolute Gasteiger partial charge is 0.382 e. The van der Waals surface area contributed by atoms with Crippen LogP contribution >= 0.6 is 11.6 Å². The predicted octanol–water partition coefficient (Wildman–Crippen LogP) is 4.60. The highest BCUT2D eigenvalue weighted by molar-refractivity contribution is 6.30. The second kappa shape index (κ2) is 5.26. The molecule has 0 unspecified atom stereocenters. The van der Waals surface area contributed by atoms with E-state index in [1.165, 1.54) is 5.56 Å². The fourth-order valence-corrected chi connectivity index (χ4v) is 2.70. The van der Waals surface area contributed by atoms with E-state index in [9.17, 15) is 0 Å². The van der Waals surface area contributed by atoms with Crippen molar-refractivity contribution in [1.29, 1.82) is 0 Å². The van der Waals surface area contributed by atoms with E-state index in [1.54, 1.807) is 0 Å². The van der Waals surface area contributed by atoms with Gasteiger partial charge in [0, 0.05) is 10.6 Å². The normalized spacial score (nSPS) is 10.8. The van der Waals surface area contributed by atoms with Crippen molar-refractivity contribution in [3.05, 3.63) is 58.6 Å². The monoisotopic (exact) mass is 297 g/mol. The molecule has 3 nitrogen and oxygen atoms in total. The Morgan fingerprint density at radius 2 is 1.76 bits per heavy atom. The molecule has 0 amide bonds. The molecule has 0 saturated carbocycles. The summed E-state index contributed by atoms with van der Waals surface area (Å²) in [6.07, 6.45) is 0. The maximum atomic E-state index is 6.06. The van der Waals surface area contributed by atoms with E-state index in [4.69, 9.17) is 17.3 Å². The SMILES string of the molecule is Cc1ccc(-c2c(N)n[nH]c2-c2ccc(Cl)cc2C)cc1. The van der Waals surface area contributed by atoms with Gasteiger partial charge in [-0.2, -0.15) is 5.10 Å². The van der Waals surface area contributed by atoms with E-state index < -0.39 is 0 Å². The highest BCUT2D eigenvalue weighted by atomic mass is 35.5. The molecule has 3 N–H and O–H groups in total. The van der Waals surface area contributed by atoms with Crippen molar-refractivity contribution >= 4 is 17.4 Å². The van der Waals surface area contributed by atoms with Crippen LogP contribution in [0.2, 0.25) is 5.02 Å². The molecule has 0 saturated heterocycles. The van der Waals surface area contributed by atoms with Crippen LogP contribution in [0.25, 0.3) is 22.4 Å². The van der Waals surface area contributed by atoms with Crippen molar-refractivity contribution in [1.82, 2.24) is 10.2 Å². The Morgan fingerprint density at radius 3 is 2.43 bits per heavy atom. The second-order valence-corrected chi connectivity index (χ2v) is 5.62. The lowest BCUT2D eigenvalue weighted by Gasteiger charge is -2.08. The maximum absolute atomic E-state index is 6.06. The predicted molar refractivity (Wildman–Crippen MR) is 88.4 cm³/mol. The molecule has 0 aliphatic rings. The average Bonchev–Trinajstić information content (AvgIpc) is 2.82. The van der Waals surface area contributed by atoms with Crippen LogP contribution in [-0.2, 0) is 0 Å². The molecular formula is C17H16ClN3. The molecule has 2 aromatic carbocycles. The zero-order chi connectivity index (χ0) is 15.0. The molecule has 4 heteroatoms. The van der Waals surface area contributed by atoms with Crippen LogP contribution in [0.5, 0.6) is 0 Å². The number of halogens is 1. The minimum atomic E-state index is 0.503. The Kier molecular flexibility index (Phi) is 3.43. The Balaban J connectivity index is 2.19. The zero-order valence-electron chi connectivity index (χ0n) is 11.9. The van der Waals surface area contributed by atoms with Crippen molar-refractivity contribution in [2.75, 3.05) is 5.73 Å². The quantitative estimate of drug-likeness (QED) is 0.726. The molecule has 106 valence electrons. The topological polar surface area (TPSA) is 54.7 Å². The Labute approximate surface area is 128 Å². The first-order chi connectivity index (χ1) is 10.1. The molecular weight excluding hydrogens is 282 g/mol. The highest BCUT2D eigenvalue weighted by Crippen LogP contribution is 2.36. The number of nitrogens with one attached hydrogen (secondary N) is 1. The maximum Gasteiger partial charge on any atom is 0.153 e. The van der Waals surface area contributed by atoms with Crippen LogP contribution in [0.3, 0.4) is 0 Å². The molecule has 1 heterocycles. The first-order valence-electron chi connectivity index (χ1n) is 6.73. The number of aromatic nitrogens is 2. The summed E-state index contributed by atoms with van der Waals surface area (Å²) in [6, 6.07) is 14.1. The number of hydrogen-bond acceptors (Lipinski definition) is 2. The number of nitrogens with zero attached hydrogens (tertiary/aromatic N) is 1. The Hall–Kier alpha value is -2.26. The van der Waals surface area contributed by atoms with Gasteiger partial charge in [-0.15, -0.1) is 0 Å². The molecule has 3 rings (SSSR count). The van der Waals surface area contributed by atoms with Gasteiger partial charge >= 0.3 is 0 Å². The van der Waals surface area contributed by atoms with Crippen LogP contribution in [0.1, 0.15) is 11.1 Å².